The third-order valence-corrected chi connectivity index (χ3v) is 4.64. The van der Waals surface area contributed by atoms with Gasteiger partial charge in [0.1, 0.15) is 5.82 Å². The summed E-state index contributed by atoms with van der Waals surface area (Å²) >= 11 is 0. The molecule has 2 aliphatic rings. The molecule has 0 aromatic heterocycles. The van der Waals surface area contributed by atoms with Crippen LogP contribution in [0.5, 0.6) is 0 Å². The highest BCUT2D eigenvalue weighted by molar-refractivity contribution is 5.35. The largest absolute Gasteiger partial charge is 0.307 e. The minimum atomic E-state index is -0.0957. The molecule has 0 bridgehead atoms. The molecule has 98 valence electrons. The van der Waals surface area contributed by atoms with Gasteiger partial charge in [0.05, 0.1) is 0 Å². The number of benzene rings is 1. The zero-order valence-electron chi connectivity index (χ0n) is 11.1. The maximum absolute atomic E-state index is 13.6. The topological polar surface area (TPSA) is 12.0 Å². The first-order valence-corrected chi connectivity index (χ1v) is 7.24. The molecule has 2 fully saturated rings. The van der Waals surface area contributed by atoms with E-state index in [2.05, 4.69) is 12.2 Å². The van der Waals surface area contributed by atoms with E-state index >= 15 is 0 Å². The molecule has 0 amide bonds. The Hall–Kier alpha value is -0.890. The van der Waals surface area contributed by atoms with Gasteiger partial charge in [-0.05, 0) is 68.3 Å². The molecule has 1 aliphatic heterocycles. The van der Waals surface area contributed by atoms with Crippen LogP contribution in [-0.2, 0) is 5.54 Å². The molecule has 1 aromatic carbocycles. The van der Waals surface area contributed by atoms with Crippen molar-refractivity contribution in [2.24, 2.45) is 5.92 Å². The van der Waals surface area contributed by atoms with Crippen LogP contribution in [0.3, 0.4) is 0 Å². The molecule has 0 radical (unpaired) electrons. The second-order valence-corrected chi connectivity index (χ2v) is 5.94. The number of rotatable bonds is 2. The summed E-state index contributed by atoms with van der Waals surface area (Å²) in [6.07, 6.45) is 7.58. The van der Waals surface area contributed by atoms with E-state index in [1.807, 2.05) is 6.07 Å². The van der Waals surface area contributed by atoms with Crippen molar-refractivity contribution in [1.29, 1.82) is 0 Å². The van der Waals surface area contributed by atoms with Crippen molar-refractivity contribution < 1.29 is 4.39 Å². The van der Waals surface area contributed by atoms with E-state index in [4.69, 9.17) is 0 Å². The summed E-state index contributed by atoms with van der Waals surface area (Å²) in [5, 5.41) is 3.77. The fourth-order valence-corrected chi connectivity index (χ4v) is 3.55. The predicted octanol–water partition coefficient (Wildman–Crippen LogP) is 3.90. The van der Waals surface area contributed by atoms with E-state index in [1.165, 1.54) is 49.7 Å². The van der Waals surface area contributed by atoms with Crippen molar-refractivity contribution in [1.82, 2.24) is 5.32 Å². The average molecular weight is 247 g/mol. The van der Waals surface area contributed by atoms with E-state index < -0.39 is 0 Å². The molecular weight excluding hydrogens is 225 g/mol. The van der Waals surface area contributed by atoms with Crippen LogP contribution in [0.4, 0.5) is 4.39 Å². The summed E-state index contributed by atoms with van der Waals surface area (Å²) in [5.41, 5.74) is 2.51. The molecule has 0 spiro atoms. The Morgan fingerprint density at radius 2 is 2.06 bits per heavy atom. The van der Waals surface area contributed by atoms with Crippen molar-refractivity contribution in [3.63, 3.8) is 0 Å². The predicted molar refractivity (Wildman–Crippen MR) is 72.0 cm³/mol. The van der Waals surface area contributed by atoms with Crippen LogP contribution in [0.25, 0.3) is 0 Å². The van der Waals surface area contributed by atoms with E-state index in [0.29, 0.717) is 0 Å². The molecule has 2 heteroatoms. The molecule has 3 rings (SSSR count). The molecule has 18 heavy (non-hydrogen) atoms. The average Bonchev–Trinajstić information content (AvgIpc) is 3.17. The summed E-state index contributed by atoms with van der Waals surface area (Å²) in [6, 6.07) is 5.28. The number of hydrogen-bond donors (Lipinski definition) is 1. The zero-order chi connectivity index (χ0) is 12.6. The number of nitrogens with one attached hydrogen (secondary N) is 1. The number of aryl methyl sites for hydroxylation is 1. The summed E-state index contributed by atoms with van der Waals surface area (Å²) < 4.78 is 13.6. The van der Waals surface area contributed by atoms with Gasteiger partial charge in [0.25, 0.3) is 0 Å². The Kier molecular flexibility index (Phi) is 3.14. The number of hydrogen-bond acceptors (Lipinski definition) is 1. The van der Waals surface area contributed by atoms with Gasteiger partial charge in [-0.3, -0.25) is 0 Å². The minimum Gasteiger partial charge on any atom is -0.307 e. The van der Waals surface area contributed by atoms with Crippen molar-refractivity contribution in [3.05, 3.63) is 35.1 Å². The smallest absolute Gasteiger partial charge is 0.123 e. The Labute approximate surface area is 109 Å². The monoisotopic (exact) mass is 247 g/mol. The molecular formula is C16H22FN. The first-order chi connectivity index (χ1) is 8.72. The van der Waals surface area contributed by atoms with Gasteiger partial charge in [-0.2, -0.15) is 0 Å². The molecule has 1 aliphatic carbocycles. The summed E-state index contributed by atoms with van der Waals surface area (Å²) in [4.78, 5) is 0. The van der Waals surface area contributed by atoms with Crippen LogP contribution < -0.4 is 5.32 Å². The quantitative estimate of drug-likeness (QED) is 0.835. The molecule has 1 nitrogen and oxygen atoms in total. The Morgan fingerprint density at radius 1 is 1.22 bits per heavy atom. The highest BCUT2D eigenvalue weighted by atomic mass is 19.1. The van der Waals surface area contributed by atoms with Gasteiger partial charge in [-0.15, -0.1) is 0 Å². The first-order valence-electron chi connectivity index (χ1n) is 7.24. The van der Waals surface area contributed by atoms with Crippen LogP contribution in [0.15, 0.2) is 18.2 Å². The fourth-order valence-electron chi connectivity index (χ4n) is 3.55. The maximum atomic E-state index is 13.6. The van der Waals surface area contributed by atoms with Crippen LogP contribution in [-0.4, -0.2) is 6.54 Å². The molecule has 1 saturated carbocycles. The molecule has 1 heterocycles. The first kappa shape index (κ1) is 12.2. The Balaban J connectivity index is 2.04. The molecule has 1 N–H and O–H groups in total. The summed E-state index contributed by atoms with van der Waals surface area (Å²) in [5.74, 6) is 0.623. The van der Waals surface area contributed by atoms with Gasteiger partial charge >= 0.3 is 0 Å². The van der Waals surface area contributed by atoms with Crippen molar-refractivity contribution in [3.8, 4) is 0 Å². The van der Waals surface area contributed by atoms with Crippen molar-refractivity contribution >= 4 is 0 Å². The SMILES string of the molecule is Cc1ccc(F)cc1C1(C2CC2)CCCCCN1. The third-order valence-electron chi connectivity index (χ3n) is 4.64. The van der Waals surface area contributed by atoms with Crippen LogP contribution in [0, 0.1) is 18.7 Å². The lowest BCUT2D eigenvalue weighted by Gasteiger charge is -2.36. The second-order valence-electron chi connectivity index (χ2n) is 5.94. The Bertz CT molecular complexity index is 429. The molecule has 1 saturated heterocycles. The second kappa shape index (κ2) is 4.65. The van der Waals surface area contributed by atoms with Crippen LogP contribution in [0.2, 0.25) is 0 Å². The molecule has 1 atom stereocenters. The minimum absolute atomic E-state index is 0.0582. The summed E-state index contributed by atoms with van der Waals surface area (Å²) in [7, 11) is 0. The zero-order valence-corrected chi connectivity index (χ0v) is 11.1. The van der Waals surface area contributed by atoms with Gasteiger partial charge < -0.3 is 5.32 Å². The van der Waals surface area contributed by atoms with E-state index in [9.17, 15) is 4.39 Å². The molecule has 1 aromatic rings. The standard InChI is InChI=1S/C16H22FN/c1-12-5-8-14(17)11-15(12)16(13-6-7-13)9-3-2-4-10-18-16/h5,8,11,13,18H,2-4,6-7,9-10H2,1H3. The lowest BCUT2D eigenvalue weighted by Crippen LogP contribution is -2.44. The highest BCUT2D eigenvalue weighted by Crippen LogP contribution is 2.50. The van der Waals surface area contributed by atoms with Gasteiger partial charge in [0.2, 0.25) is 0 Å². The Morgan fingerprint density at radius 3 is 2.83 bits per heavy atom. The van der Waals surface area contributed by atoms with Gasteiger partial charge in [0.15, 0.2) is 0 Å². The van der Waals surface area contributed by atoms with E-state index in [-0.39, 0.29) is 11.4 Å². The van der Waals surface area contributed by atoms with Crippen LogP contribution in [0.1, 0.15) is 49.7 Å². The van der Waals surface area contributed by atoms with Crippen molar-refractivity contribution in [2.75, 3.05) is 6.54 Å². The van der Waals surface area contributed by atoms with Crippen LogP contribution >= 0.6 is 0 Å². The van der Waals surface area contributed by atoms with Gasteiger partial charge in [-0.25, -0.2) is 4.39 Å². The summed E-state index contributed by atoms with van der Waals surface area (Å²) in [6.45, 7) is 3.19. The maximum Gasteiger partial charge on any atom is 0.123 e. The van der Waals surface area contributed by atoms with E-state index in [0.717, 1.165) is 12.5 Å². The number of halogens is 1. The van der Waals surface area contributed by atoms with E-state index in [1.54, 1.807) is 12.1 Å². The fraction of sp³-hybridized carbons (Fsp3) is 0.625. The normalized spacial score (nSPS) is 29.0. The molecule has 1 unspecified atom stereocenters. The van der Waals surface area contributed by atoms with Crippen molar-refractivity contribution in [2.45, 2.75) is 51.0 Å². The lowest BCUT2D eigenvalue weighted by molar-refractivity contribution is 0.276. The lowest BCUT2D eigenvalue weighted by atomic mass is 9.79. The highest BCUT2D eigenvalue weighted by Gasteiger charge is 2.46. The van der Waals surface area contributed by atoms with Gasteiger partial charge in [0, 0.05) is 5.54 Å². The van der Waals surface area contributed by atoms with Gasteiger partial charge in [-0.1, -0.05) is 18.9 Å². The third kappa shape index (κ3) is 2.07.